The van der Waals surface area contributed by atoms with Crippen LogP contribution in [0.25, 0.3) is 10.1 Å². The van der Waals surface area contributed by atoms with Gasteiger partial charge in [0.25, 0.3) is 0 Å². The highest BCUT2D eigenvalue weighted by molar-refractivity contribution is 7.13. The molecule has 8 heteroatoms. The van der Waals surface area contributed by atoms with Gasteiger partial charge in [-0.2, -0.15) is 22.5 Å². The number of hydrogen-bond donors (Lipinski definition) is 0. The highest BCUT2D eigenvalue weighted by Crippen LogP contribution is 2.40. The first-order valence-electron chi connectivity index (χ1n) is 6.29. The molecule has 0 bridgehead atoms. The lowest BCUT2D eigenvalue weighted by atomic mass is 10.1. The number of aliphatic imine (C=N–C) groups is 1. The molecule has 0 N–H and O–H groups in total. The topological polar surface area (TPSA) is 51.5 Å². The number of isocyanates is 1. The predicted molar refractivity (Wildman–Crippen MR) is 78.9 cm³/mol. The second kappa shape index (κ2) is 5.83. The minimum Gasteiger partial charge on any atom is -0.457 e. The number of rotatable bonds is 3. The number of halogens is 3. The third kappa shape index (κ3) is 3.23. The minimum absolute atomic E-state index is 0.142. The van der Waals surface area contributed by atoms with E-state index < -0.39 is 11.7 Å². The van der Waals surface area contributed by atoms with Crippen molar-refractivity contribution in [3.8, 4) is 11.5 Å². The molecule has 1 heterocycles. The molecule has 0 aliphatic carbocycles. The van der Waals surface area contributed by atoms with E-state index in [-0.39, 0.29) is 17.2 Å². The molecule has 2 aromatic carbocycles. The average molecular weight is 336 g/mol. The standard InChI is InChI=1S/C15H7F3N2O2S/c16-15(17,18)12-6-10(19-8-21)1-3-13(12)22-11-2-4-14-9(5-11)7-20-23-14/h1-7H. The highest BCUT2D eigenvalue weighted by Gasteiger charge is 2.35. The van der Waals surface area contributed by atoms with Crippen molar-refractivity contribution in [1.29, 1.82) is 0 Å². The molecule has 0 saturated carbocycles. The summed E-state index contributed by atoms with van der Waals surface area (Å²) in [5, 5.41) is 0.781. The summed E-state index contributed by atoms with van der Waals surface area (Å²) in [6.07, 6.45) is -1.82. The van der Waals surface area contributed by atoms with E-state index in [9.17, 15) is 18.0 Å². The van der Waals surface area contributed by atoms with Gasteiger partial charge in [0.1, 0.15) is 17.1 Å². The van der Waals surface area contributed by atoms with Gasteiger partial charge in [0.15, 0.2) is 0 Å². The Morgan fingerprint density at radius 3 is 2.74 bits per heavy atom. The molecule has 0 atom stereocenters. The summed E-state index contributed by atoms with van der Waals surface area (Å²) in [5.74, 6) is -0.111. The Bertz CT molecular complexity index is 914. The van der Waals surface area contributed by atoms with Crippen LogP contribution in [0.5, 0.6) is 11.5 Å². The Kier molecular flexibility index (Phi) is 3.85. The summed E-state index contributed by atoms with van der Waals surface area (Å²) < 4.78 is 49.7. The fraction of sp³-hybridized carbons (Fsp3) is 0.0667. The van der Waals surface area contributed by atoms with E-state index >= 15 is 0 Å². The molecule has 0 fully saturated rings. The fourth-order valence-corrected chi connectivity index (χ4v) is 2.62. The minimum atomic E-state index is -4.64. The molecule has 0 saturated heterocycles. The van der Waals surface area contributed by atoms with Crippen molar-refractivity contribution in [2.75, 3.05) is 0 Å². The van der Waals surface area contributed by atoms with E-state index in [1.54, 1.807) is 24.4 Å². The Hall–Kier alpha value is -2.70. The summed E-state index contributed by atoms with van der Waals surface area (Å²) in [6, 6.07) is 8.01. The van der Waals surface area contributed by atoms with Crippen molar-refractivity contribution >= 4 is 33.4 Å². The number of aromatic nitrogens is 1. The molecule has 0 radical (unpaired) electrons. The van der Waals surface area contributed by atoms with Crippen LogP contribution in [0.1, 0.15) is 5.56 Å². The molecule has 3 rings (SSSR count). The first-order chi connectivity index (χ1) is 11.0. The number of fused-ring (bicyclic) bond motifs is 1. The zero-order chi connectivity index (χ0) is 16.4. The summed E-state index contributed by atoms with van der Waals surface area (Å²) in [7, 11) is 0. The van der Waals surface area contributed by atoms with Crippen molar-refractivity contribution in [1.82, 2.24) is 4.37 Å². The molecule has 0 amide bonds. The monoisotopic (exact) mass is 336 g/mol. The Morgan fingerprint density at radius 2 is 2.00 bits per heavy atom. The van der Waals surface area contributed by atoms with Gasteiger partial charge in [0.2, 0.25) is 6.08 Å². The Labute approximate surface area is 132 Å². The molecule has 23 heavy (non-hydrogen) atoms. The smallest absolute Gasteiger partial charge is 0.420 e. The van der Waals surface area contributed by atoms with Crippen molar-refractivity contribution < 1.29 is 22.7 Å². The van der Waals surface area contributed by atoms with Crippen LogP contribution in [0.4, 0.5) is 18.9 Å². The number of alkyl halides is 3. The van der Waals surface area contributed by atoms with Gasteiger partial charge in [-0.05, 0) is 47.9 Å². The zero-order valence-electron chi connectivity index (χ0n) is 11.3. The number of hydrogen-bond acceptors (Lipinski definition) is 5. The molecule has 0 aliphatic heterocycles. The molecule has 0 spiro atoms. The first-order valence-corrected chi connectivity index (χ1v) is 7.06. The molecule has 116 valence electrons. The first kappa shape index (κ1) is 15.2. The fourth-order valence-electron chi connectivity index (χ4n) is 1.99. The lowest BCUT2D eigenvalue weighted by molar-refractivity contribution is -0.138. The van der Waals surface area contributed by atoms with Crippen molar-refractivity contribution in [2.24, 2.45) is 4.99 Å². The van der Waals surface area contributed by atoms with Crippen LogP contribution < -0.4 is 4.74 Å². The van der Waals surface area contributed by atoms with Gasteiger partial charge in [-0.3, -0.25) is 0 Å². The zero-order valence-corrected chi connectivity index (χ0v) is 12.1. The van der Waals surface area contributed by atoms with Gasteiger partial charge in [-0.15, -0.1) is 0 Å². The van der Waals surface area contributed by atoms with Gasteiger partial charge in [0.05, 0.1) is 10.4 Å². The largest absolute Gasteiger partial charge is 0.457 e. The molecule has 1 aromatic heterocycles. The SMILES string of the molecule is O=C=Nc1ccc(Oc2ccc3sncc3c2)c(C(F)(F)F)c1. The summed E-state index contributed by atoms with van der Waals surface area (Å²) in [6.45, 7) is 0. The van der Waals surface area contributed by atoms with Crippen LogP contribution >= 0.6 is 11.5 Å². The molecular formula is C15H7F3N2O2S. The maximum Gasteiger partial charge on any atom is 0.420 e. The van der Waals surface area contributed by atoms with E-state index in [4.69, 9.17) is 4.74 Å². The van der Waals surface area contributed by atoms with E-state index in [1.807, 2.05) is 0 Å². The van der Waals surface area contributed by atoms with Crippen molar-refractivity contribution in [3.63, 3.8) is 0 Å². The van der Waals surface area contributed by atoms with Gasteiger partial charge < -0.3 is 4.74 Å². The maximum absolute atomic E-state index is 13.1. The van der Waals surface area contributed by atoms with Gasteiger partial charge >= 0.3 is 6.18 Å². The highest BCUT2D eigenvalue weighted by atomic mass is 32.1. The van der Waals surface area contributed by atoms with Crippen molar-refractivity contribution in [2.45, 2.75) is 6.18 Å². The van der Waals surface area contributed by atoms with Gasteiger partial charge in [-0.1, -0.05) is 0 Å². The van der Waals surface area contributed by atoms with Gasteiger partial charge in [0, 0.05) is 11.6 Å². The van der Waals surface area contributed by atoms with Crippen LogP contribution in [0, 0.1) is 0 Å². The van der Waals surface area contributed by atoms with E-state index in [0.717, 1.165) is 22.2 Å². The lowest BCUT2D eigenvalue weighted by Crippen LogP contribution is -2.07. The quantitative estimate of drug-likeness (QED) is 0.495. The van der Waals surface area contributed by atoms with Crippen LogP contribution in [0.15, 0.2) is 47.6 Å². The second-order valence-electron chi connectivity index (χ2n) is 4.51. The molecular weight excluding hydrogens is 329 g/mol. The van der Waals surface area contributed by atoms with Crippen molar-refractivity contribution in [3.05, 3.63) is 48.2 Å². The number of nitrogens with zero attached hydrogens (tertiary/aromatic N) is 2. The lowest BCUT2D eigenvalue weighted by Gasteiger charge is -2.14. The maximum atomic E-state index is 13.1. The number of ether oxygens (including phenoxy) is 1. The molecule has 0 aliphatic rings. The third-order valence-corrected chi connectivity index (χ3v) is 3.77. The van der Waals surface area contributed by atoms with Crippen LogP contribution in [0.3, 0.4) is 0 Å². The normalized spacial score (nSPS) is 11.3. The molecule has 3 aromatic rings. The molecule has 4 nitrogen and oxygen atoms in total. The van der Waals surface area contributed by atoms with E-state index in [1.165, 1.54) is 23.7 Å². The number of carbonyl (C=O) groups excluding carboxylic acids is 1. The van der Waals surface area contributed by atoms with E-state index in [2.05, 4.69) is 9.37 Å². The van der Waals surface area contributed by atoms with E-state index in [0.29, 0.717) is 0 Å². The third-order valence-electron chi connectivity index (χ3n) is 3.00. The number of benzene rings is 2. The van der Waals surface area contributed by atoms with Gasteiger partial charge in [-0.25, -0.2) is 4.79 Å². The summed E-state index contributed by atoms with van der Waals surface area (Å²) in [4.78, 5) is 13.4. The van der Waals surface area contributed by atoms with Crippen LogP contribution in [-0.4, -0.2) is 10.5 Å². The second-order valence-corrected chi connectivity index (χ2v) is 5.34. The summed E-state index contributed by atoms with van der Waals surface area (Å²) in [5.41, 5.74) is -1.16. The summed E-state index contributed by atoms with van der Waals surface area (Å²) >= 11 is 1.28. The Morgan fingerprint density at radius 1 is 1.17 bits per heavy atom. The average Bonchev–Trinajstić information content (AvgIpc) is 2.95. The van der Waals surface area contributed by atoms with Crippen LogP contribution in [0.2, 0.25) is 0 Å². The Balaban J connectivity index is 2.02. The van der Waals surface area contributed by atoms with Crippen LogP contribution in [-0.2, 0) is 11.0 Å². The predicted octanol–water partition coefficient (Wildman–Crippen LogP) is 5.07. The molecule has 0 unspecified atom stereocenters.